The Morgan fingerprint density at radius 3 is 2.64 bits per heavy atom. The first kappa shape index (κ1) is 20.5. The van der Waals surface area contributed by atoms with Crippen molar-refractivity contribution < 1.29 is 17.9 Å². The fourth-order valence-electron chi connectivity index (χ4n) is 2.78. The SMILES string of the molecule is CCCCCC[C@@H](c1ccco1)[C@@H](CO)NS(=O)(=O)c1ccc(Cl)s1. The molecule has 2 aromatic rings. The monoisotopic (exact) mass is 405 g/mol. The Morgan fingerprint density at radius 1 is 1.28 bits per heavy atom. The van der Waals surface area contributed by atoms with Crippen molar-refractivity contribution in [1.82, 2.24) is 4.72 Å². The summed E-state index contributed by atoms with van der Waals surface area (Å²) in [5.74, 6) is 0.463. The van der Waals surface area contributed by atoms with Crippen molar-refractivity contribution in [3.8, 4) is 0 Å². The highest BCUT2D eigenvalue weighted by Crippen LogP contribution is 2.30. The van der Waals surface area contributed by atoms with Crippen LogP contribution in [-0.2, 0) is 10.0 Å². The van der Waals surface area contributed by atoms with Crippen LogP contribution in [0.2, 0.25) is 4.34 Å². The molecule has 2 atom stereocenters. The first-order valence-corrected chi connectivity index (χ1v) is 11.1. The van der Waals surface area contributed by atoms with Gasteiger partial charge in [0.25, 0.3) is 0 Å². The van der Waals surface area contributed by atoms with E-state index >= 15 is 0 Å². The molecule has 0 amide bonds. The summed E-state index contributed by atoms with van der Waals surface area (Å²) in [6, 6.07) is 5.95. The molecule has 25 heavy (non-hydrogen) atoms. The fourth-order valence-corrected chi connectivity index (χ4v) is 5.55. The summed E-state index contributed by atoms with van der Waals surface area (Å²) >= 11 is 6.83. The predicted molar refractivity (Wildman–Crippen MR) is 101 cm³/mol. The third-order valence-electron chi connectivity index (χ3n) is 4.08. The molecule has 0 saturated carbocycles. The van der Waals surface area contributed by atoms with Gasteiger partial charge in [-0.1, -0.05) is 44.2 Å². The summed E-state index contributed by atoms with van der Waals surface area (Å²) < 4.78 is 33.8. The zero-order valence-corrected chi connectivity index (χ0v) is 16.5. The summed E-state index contributed by atoms with van der Waals surface area (Å²) in [5.41, 5.74) is 0. The van der Waals surface area contributed by atoms with Gasteiger partial charge >= 0.3 is 0 Å². The van der Waals surface area contributed by atoms with E-state index in [1.165, 1.54) is 6.07 Å². The van der Waals surface area contributed by atoms with Gasteiger partial charge in [-0.3, -0.25) is 0 Å². The summed E-state index contributed by atoms with van der Waals surface area (Å²) in [6.07, 6.45) is 6.58. The molecule has 2 aromatic heterocycles. The molecule has 0 fully saturated rings. The second kappa shape index (κ2) is 9.73. The molecule has 140 valence electrons. The largest absolute Gasteiger partial charge is 0.469 e. The number of unbranched alkanes of at least 4 members (excludes halogenated alkanes) is 3. The van der Waals surface area contributed by atoms with Crippen LogP contribution in [0.4, 0.5) is 0 Å². The Hall–Kier alpha value is -0.860. The third kappa shape index (κ3) is 5.82. The van der Waals surface area contributed by atoms with Crippen LogP contribution in [0.5, 0.6) is 0 Å². The number of nitrogens with one attached hydrogen (secondary N) is 1. The van der Waals surface area contributed by atoms with Crippen molar-refractivity contribution in [3.05, 3.63) is 40.6 Å². The van der Waals surface area contributed by atoms with E-state index in [0.29, 0.717) is 10.1 Å². The number of furan rings is 1. The van der Waals surface area contributed by atoms with E-state index in [0.717, 1.165) is 43.4 Å². The summed E-state index contributed by atoms with van der Waals surface area (Å²) in [4.78, 5) is 0. The Labute approximate surface area is 158 Å². The minimum Gasteiger partial charge on any atom is -0.469 e. The molecule has 0 radical (unpaired) electrons. The molecular weight excluding hydrogens is 382 g/mol. The Balaban J connectivity index is 2.15. The second-order valence-corrected chi connectivity index (χ2v) is 9.60. The molecule has 2 heterocycles. The Bertz CT molecular complexity index is 728. The lowest BCUT2D eigenvalue weighted by atomic mass is 9.92. The highest BCUT2D eigenvalue weighted by atomic mass is 35.5. The number of halogens is 1. The molecule has 0 saturated heterocycles. The Kier molecular flexibility index (Phi) is 7.96. The molecule has 0 spiro atoms. The van der Waals surface area contributed by atoms with E-state index < -0.39 is 16.1 Å². The number of hydrogen-bond acceptors (Lipinski definition) is 5. The molecule has 2 rings (SSSR count). The average Bonchev–Trinajstić information content (AvgIpc) is 3.25. The zero-order chi connectivity index (χ0) is 18.3. The van der Waals surface area contributed by atoms with Crippen molar-refractivity contribution in [2.24, 2.45) is 0 Å². The number of sulfonamides is 1. The molecule has 0 aromatic carbocycles. The van der Waals surface area contributed by atoms with Gasteiger partial charge in [0.2, 0.25) is 10.0 Å². The average molecular weight is 406 g/mol. The molecule has 5 nitrogen and oxygen atoms in total. The van der Waals surface area contributed by atoms with Crippen LogP contribution in [-0.4, -0.2) is 26.2 Å². The van der Waals surface area contributed by atoms with Gasteiger partial charge in [0.05, 0.1) is 23.2 Å². The smallest absolute Gasteiger partial charge is 0.250 e. The quantitative estimate of drug-likeness (QED) is 0.543. The van der Waals surface area contributed by atoms with Crippen LogP contribution in [0.1, 0.15) is 50.7 Å². The van der Waals surface area contributed by atoms with Gasteiger partial charge in [-0.05, 0) is 30.7 Å². The van der Waals surface area contributed by atoms with E-state index in [1.54, 1.807) is 18.4 Å². The van der Waals surface area contributed by atoms with E-state index in [-0.39, 0.29) is 16.7 Å². The maximum absolute atomic E-state index is 12.6. The Morgan fingerprint density at radius 2 is 2.08 bits per heavy atom. The van der Waals surface area contributed by atoms with E-state index in [4.69, 9.17) is 16.0 Å². The summed E-state index contributed by atoms with van der Waals surface area (Å²) in [6.45, 7) is 1.83. The van der Waals surface area contributed by atoms with Crippen molar-refractivity contribution in [3.63, 3.8) is 0 Å². The number of thiophene rings is 1. The lowest BCUT2D eigenvalue weighted by Gasteiger charge is -2.24. The van der Waals surface area contributed by atoms with Crippen LogP contribution in [0.15, 0.2) is 39.2 Å². The number of rotatable bonds is 11. The minimum absolute atomic E-state index is 0.139. The van der Waals surface area contributed by atoms with Gasteiger partial charge in [-0.2, -0.15) is 0 Å². The second-order valence-electron chi connectivity index (χ2n) is 5.94. The molecular formula is C17H24ClNO4S2. The fraction of sp³-hybridized carbons (Fsp3) is 0.529. The number of hydrogen-bond donors (Lipinski definition) is 2. The highest BCUT2D eigenvalue weighted by Gasteiger charge is 2.30. The lowest BCUT2D eigenvalue weighted by Crippen LogP contribution is -2.41. The van der Waals surface area contributed by atoms with Gasteiger partial charge < -0.3 is 9.52 Å². The van der Waals surface area contributed by atoms with E-state index in [2.05, 4.69) is 11.6 Å². The molecule has 0 aliphatic rings. The zero-order valence-electron chi connectivity index (χ0n) is 14.2. The normalized spacial score (nSPS) is 14.5. The summed E-state index contributed by atoms with van der Waals surface area (Å²) in [5, 5.41) is 9.82. The van der Waals surface area contributed by atoms with Crippen LogP contribution in [0, 0.1) is 0 Å². The molecule has 8 heteroatoms. The molecule has 0 aliphatic carbocycles. The van der Waals surface area contributed by atoms with Crippen molar-refractivity contribution >= 4 is 33.0 Å². The maximum Gasteiger partial charge on any atom is 0.250 e. The van der Waals surface area contributed by atoms with Gasteiger partial charge in [0.1, 0.15) is 9.97 Å². The standard InChI is InChI=1S/C17H24ClNO4S2/c1-2-3-4-5-7-13(15-8-6-11-23-15)14(12-20)19-25(21,22)17-10-9-16(18)24-17/h6,8-11,13-14,19-20H,2-5,7,12H2,1H3/t13-,14-/m1/s1. The molecule has 2 N–H and O–H groups in total. The third-order valence-corrected chi connectivity index (χ3v) is 7.29. The molecule has 0 aliphatic heterocycles. The lowest BCUT2D eigenvalue weighted by molar-refractivity contribution is 0.223. The van der Waals surface area contributed by atoms with E-state index in [1.807, 2.05) is 6.07 Å². The van der Waals surface area contributed by atoms with Crippen LogP contribution < -0.4 is 4.72 Å². The van der Waals surface area contributed by atoms with Crippen molar-refractivity contribution in [2.75, 3.05) is 6.61 Å². The van der Waals surface area contributed by atoms with Gasteiger partial charge in [-0.15, -0.1) is 11.3 Å². The summed E-state index contributed by atoms with van der Waals surface area (Å²) in [7, 11) is -3.74. The maximum atomic E-state index is 12.6. The van der Waals surface area contributed by atoms with Crippen LogP contribution in [0.25, 0.3) is 0 Å². The molecule has 0 unspecified atom stereocenters. The van der Waals surface area contributed by atoms with Gasteiger partial charge in [-0.25, -0.2) is 13.1 Å². The topological polar surface area (TPSA) is 79.5 Å². The van der Waals surface area contributed by atoms with E-state index in [9.17, 15) is 13.5 Å². The predicted octanol–water partition coefficient (Wildman–Crippen LogP) is 4.39. The highest BCUT2D eigenvalue weighted by molar-refractivity contribution is 7.91. The first-order chi connectivity index (χ1) is 12.0. The van der Waals surface area contributed by atoms with Gasteiger partial charge in [0, 0.05) is 5.92 Å². The first-order valence-electron chi connectivity index (χ1n) is 8.40. The minimum atomic E-state index is -3.74. The number of aliphatic hydroxyl groups is 1. The van der Waals surface area contributed by atoms with Crippen LogP contribution in [0.3, 0.4) is 0 Å². The molecule has 0 bridgehead atoms. The number of aliphatic hydroxyl groups excluding tert-OH is 1. The van der Waals surface area contributed by atoms with Crippen molar-refractivity contribution in [1.29, 1.82) is 0 Å². The van der Waals surface area contributed by atoms with Crippen molar-refractivity contribution in [2.45, 2.75) is 55.2 Å². The van der Waals surface area contributed by atoms with Gasteiger partial charge in [0.15, 0.2) is 0 Å². The van der Waals surface area contributed by atoms with Crippen LogP contribution >= 0.6 is 22.9 Å².